The lowest BCUT2D eigenvalue weighted by Crippen LogP contribution is -2.12. The summed E-state index contributed by atoms with van der Waals surface area (Å²) in [5.41, 5.74) is 4.05. The van der Waals surface area contributed by atoms with E-state index < -0.39 is 0 Å². The van der Waals surface area contributed by atoms with E-state index in [1.165, 1.54) is 12.5 Å². The van der Waals surface area contributed by atoms with Crippen LogP contribution in [0, 0.1) is 0 Å². The topological polar surface area (TPSA) is 58.2 Å². The minimum atomic E-state index is -0.0792. The van der Waals surface area contributed by atoms with Gasteiger partial charge in [-0.05, 0) is 54.2 Å². The average molecular weight is 338 g/mol. The number of aryl methyl sites for hydroxylation is 1. The van der Waals surface area contributed by atoms with E-state index in [9.17, 15) is 9.59 Å². The Kier molecular flexibility index (Phi) is 6.75. The van der Waals surface area contributed by atoms with Crippen LogP contribution in [0.15, 0.2) is 48.5 Å². The Morgan fingerprint density at radius 3 is 2.04 bits per heavy atom. The second-order valence-electron chi connectivity index (χ2n) is 6.34. The first-order valence-corrected chi connectivity index (χ1v) is 8.74. The number of benzene rings is 2. The Morgan fingerprint density at radius 2 is 1.48 bits per heavy atom. The number of hydrogen-bond donors (Lipinski definition) is 2. The molecule has 4 heteroatoms. The highest BCUT2D eigenvalue weighted by molar-refractivity contribution is 5.90. The summed E-state index contributed by atoms with van der Waals surface area (Å²) in [6.45, 7) is 5.71. The molecule has 0 saturated heterocycles. The Balaban J connectivity index is 1.82. The standard InChI is InChI=1S/C21H26N2O2/c1-4-17-6-10-20(11-7-17)23-21(25)14-5-15(2)18-8-12-19(13-9-18)22-16(3)24/h6-13,15H,4-5,14H2,1-3H3,(H,22,24)(H,23,25). The van der Waals surface area contributed by atoms with Gasteiger partial charge >= 0.3 is 0 Å². The van der Waals surface area contributed by atoms with Gasteiger partial charge in [-0.1, -0.05) is 38.1 Å². The summed E-state index contributed by atoms with van der Waals surface area (Å²) in [5, 5.41) is 5.70. The zero-order valence-corrected chi connectivity index (χ0v) is 15.1. The van der Waals surface area contributed by atoms with Gasteiger partial charge in [-0.3, -0.25) is 9.59 Å². The molecule has 0 aliphatic rings. The summed E-state index contributed by atoms with van der Waals surface area (Å²) in [6.07, 6.45) is 2.25. The summed E-state index contributed by atoms with van der Waals surface area (Å²) >= 11 is 0. The van der Waals surface area contributed by atoms with Gasteiger partial charge in [0.1, 0.15) is 0 Å². The first-order valence-electron chi connectivity index (χ1n) is 8.74. The molecule has 0 aliphatic carbocycles. The van der Waals surface area contributed by atoms with Gasteiger partial charge in [0.25, 0.3) is 0 Å². The van der Waals surface area contributed by atoms with E-state index in [0.717, 1.165) is 29.8 Å². The third-order valence-electron chi connectivity index (χ3n) is 4.25. The second-order valence-corrected chi connectivity index (χ2v) is 6.34. The zero-order valence-electron chi connectivity index (χ0n) is 15.1. The van der Waals surface area contributed by atoms with Gasteiger partial charge in [-0.2, -0.15) is 0 Å². The molecule has 2 amide bonds. The van der Waals surface area contributed by atoms with Crippen LogP contribution in [0.1, 0.15) is 50.7 Å². The SMILES string of the molecule is CCc1ccc(NC(=O)CCC(C)c2ccc(NC(C)=O)cc2)cc1. The largest absolute Gasteiger partial charge is 0.326 e. The number of carbonyl (C=O) groups is 2. The van der Waals surface area contributed by atoms with Crippen molar-refractivity contribution in [2.75, 3.05) is 10.6 Å². The molecule has 0 radical (unpaired) electrons. The third-order valence-corrected chi connectivity index (χ3v) is 4.25. The normalized spacial score (nSPS) is 11.6. The van der Waals surface area contributed by atoms with E-state index in [0.29, 0.717) is 6.42 Å². The predicted octanol–water partition coefficient (Wildman–Crippen LogP) is 4.73. The van der Waals surface area contributed by atoms with E-state index in [4.69, 9.17) is 0 Å². The van der Waals surface area contributed by atoms with Gasteiger partial charge in [0.2, 0.25) is 11.8 Å². The van der Waals surface area contributed by atoms with E-state index in [-0.39, 0.29) is 17.7 Å². The van der Waals surface area contributed by atoms with Gasteiger partial charge in [0, 0.05) is 24.7 Å². The van der Waals surface area contributed by atoms with Crippen LogP contribution in [0.25, 0.3) is 0 Å². The van der Waals surface area contributed by atoms with Crippen molar-refractivity contribution < 1.29 is 9.59 Å². The van der Waals surface area contributed by atoms with Crippen LogP contribution in [0.5, 0.6) is 0 Å². The molecule has 132 valence electrons. The monoisotopic (exact) mass is 338 g/mol. The summed E-state index contributed by atoms with van der Waals surface area (Å²) in [5.74, 6) is 0.231. The van der Waals surface area contributed by atoms with E-state index in [1.54, 1.807) is 0 Å². The summed E-state index contributed by atoms with van der Waals surface area (Å²) in [6, 6.07) is 15.7. The number of rotatable bonds is 7. The maximum atomic E-state index is 12.1. The molecule has 2 N–H and O–H groups in total. The molecule has 0 heterocycles. The maximum absolute atomic E-state index is 12.1. The molecule has 0 bridgehead atoms. The minimum Gasteiger partial charge on any atom is -0.326 e. The number of nitrogens with one attached hydrogen (secondary N) is 2. The molecule has 2 aromatic carbocycles. The van der Waals surface area contributed by atoms with Crippen molar-refractivity contribution in [3.8, 4) is 0 Å². The van der Waals surface area contributed by atoms with Crippen LogP contribution in [0.4, 0.5) is 11.4 Å². The highest BCUT2D eigenvalue weighted by Crippen LogP contribution is 2.22. The first-order chi connectivity index (χ1) is 12.0. The summed E-state index contributed by atoms with van der Waals surface area (Å²) < 4.78 is 0. The predicted molar refractivity (Wildman–Crippen MR) is 103 cm³/mol. The molecule has 0 fully saturated rings. The van der Waals surface area contributed by atoms with Crippen molar-refractivity contribution in [1.82, 2.24) is 0 Å². The maximum Gasteiger partial charge on any atom is 0.224 e. The molecular weight excluding hydrogens is 312 g/mol. The van der Waals surface area contributed by atoms with E-state index in [2.05, 4.69) is 24.5 Å². The zero-order chi connectivity index (χ0) is 18.2. The van der Waals surface area contributed by atoms with Gasteiger partial charge < -0.3 is 10.6 Å². The lowest BCUT2D eigenvalue weighted by Gasteiger charge is -2.13. The molecule has 4 nitrogen and oxygen atoms in total. The molecule has 1 atom stereocenters. The van der Waals surface area contributed by atoms with Crippen molar-refractivity contribution in [1.29, 1.82) is 0 Å². The Hall–Kier alpha value is -2.62. The molecule has 1 unspecified atom stereocenters. The highest BCUT2D eigenvalue weighted by Gasteiger charge is 2.09. The molecule has 0 spiro atoms. The van der Waals surface area contributed by atoms with E-state index in [1.807, 2.05) is 48.5 Å². The van der Waals surface area contributed by atoms with Crippen LogP contribution in [-0.4, -0.2) is 11.8 Å². The van der Waals surface area contributed by atoms with Crippen LogP contribution in [0.2, 0.25) is 0 Å². The number of anilines is 2. The van der Waals surface area contributed by atoms with Gasteiger partial charge in [-0.25, -0.2) is 0 Å². The molecule has 2 rings (SSSR count). The molecule has 25 heavy (non-hydrogen) atoms. The van der Waals surface area contributed by atoms with Crippen LogP contribution < -0.4 is 10.6 Å². The van der Waals surface area contributed by atoms with Crippen molar-refractivity contribution in [2.45, 2.75) is 46.0 Å². The first kappa shape index (κ1) is 18.7. The smallest absolute Gasteiger partial charge is 0.224 e. The third kappa shape index (κ3) is 6.07. The number of amides is 2. The van der Waals surface area contributed by atoms with Gasteiger partial charge in [0.15, 0.2) is 0 Å². The lowest BCUT2D eigenvalue weighted by atomic mass is 9.96. The average Bonchev–Trinajstić information content (AvgIpc) is 2.60. The van der Waals surface area contributed by atoms with Gasteiger partial charge in [-0.15, -0.1) is 0 Å². The molecule has 2 aromatic rings. The van der Waals surface area contributed by atoms with Gasteiger partial charge in [0.05, 0.1) is 0 Å². The van der Waals surface area contributed by atoms with Crippen molar-refractivity contribution in [3.05, 3.63) is 59.7 Å². The van der Waals surface area contributed by atoms with Crippen LogP contribution in [0.3, 0.4) is 0 Å². The van der Waals surface area contributed by atoms with Crippen molar-refractivity contribution in [2.24, 2.45) is 0 Å². The van der Waals surface area contributed by atoms with Crippen molar-refractivity contribution >= 4 is 23.2 Å². The van der Waals surface area contributed by atoms with Crippen LogP contribution in [-0.2, 0) is 16.0 Å². The Labute approximate surface area is 149 Å². The molecule has 0 saturated carbocycles. The quantitative estimate of drug-likeness (QED) is 0.767. The fraction of sp³-hybridized carbons (Fsp3) is 0.333. The highest BCUT2D eigenvalue weighted by atomic mass is 16.2. The van der Waals surface area contributed by atoms with Crippen LogP contribution >= 0.6 is 0 Å². The molecular formula is C21H26N2O2. The fourth-order valence-electron chi connectivity index (χ4n) is 2.66. The summed E-state index contributed by atoms with van der Waals surface area (Å²) in [7, 11) is 0. The number of hydrogen-bond acceptors (Lipinski definition) is 2. The lowest BCUT2D eigenvalue weighted by molar-refractivity contribution is -0.116. The van der Waals surface area contributed by atoms with E-state index >= 15 is 0 Å². The summed E-state index contributed by atoms with van der Waals surface area (Å²) in [4.78, 5) is 23.2. The second kappa shape index (κ2) is 9.02. The van der Waals surface area contributed by atoms with Crippen molar-refractivity contribution in [3.63, 3.8) is 0 Å². The fourth-order valence-corrected chi connectivity index (χ4v) is 2.66. The Morgan fingerprint density at radius 1 is 0.920 bits per heavy atom. The Bertz CT molecular complexity index is 706. The minimum absolute atomic E-state index is 0.0333. The molecule has 0 aromatic heterocycles. The number of carbonyl (C=O) groups excluding carboxylic acids is 2. The molecule has 0 aliphatic heterocycles.